The van der Waals surface area contributed by atoms with Gasteiger partial charge < -0.3 is 24.8 Å². The molecule has 1 aromatic carbocycles. The maximum Gasteiger partial charge on any atom is 0.314 e. The molecule has 1 rings (SSSR count). The average molecular weight is 282 g/mol. The quantitative estimate of drug-likeness (QED) is 0.702. The highest BCUT2D eigenvalue weighted by atomic mass is 16.7. The Hall–Kier alpha value is -1.79. The Labute approximate surface area is 119 Å². The van der Waals surface area contributed by atoms with Gasteiger partial charge in [-0.25, -0.2) is 4.79 Å². The third-order valence-corrected chi connectivity index (χ3v) is 2.81. The van der Waals surface area contributed by atoms with Gasteiger partial charge in [-0.3, -0.25) is 0 Å². The number of methoxy groups -OCH3 is 3. The van der Waals surface area contributed by atoms with Crippen molar-refractivity contribution in [3.05, 3.63) is 29.8 Å². The van der Waals surface area contributed by atoms with E-state index in [0.29, 0.717) is 13.1 Å². The van der Waals surface area contributed by atoms with E-state index in [2.05, 4.69) is 10.6 Å². The van der Waals surface area contributed by atoms with Gasteiger partial charge in [-0.15, -0.1) is 0 Å². The number of amides is 2. The molecule has 0 bridgehead atoms. The van der Waals surface area contributed by atoms with Crippen LogP contribution in [0.5, 0.6) is 5.75 Å². The summed E-state index contributed by atoms with van der Waals surface area (Å²) in [5.41, 5.74) is 1.14. The summed E-state index contributed by atoms with van der Waals surface area (Å²) < 4.78 is 15.0. The lowest BCUT2D eigenvalue weighted by Crippen LogP contribution is -2.41. The van der Waals surface area contributed by atoms with Gasteiger partial charge >= 0.3 is 6.03 Å². The maximum absolute atomic E-state index is 11.5. The predicted molar refractivity (Wildman–Crippen MR) is 75.9 cm³/mol. The number of hydrogen-bond acceptors (Lipinski definition) is 4. The van der Waals surface area contributed by atoms with Crippen molar-refractivity contribution in [1.29, 1.82) is 0 Å². The Kier molecular flexibility index (Phi) is 7.46. The minimum Gasteiger partial charge on any atom is -0.497 e. The first-order chi connectivity index (χ1) is 9.69. The van der Waals surface area contributed by atoms with Gasteiger partial charge in [-0.2, -0.15) is 0 Å². The van der Waals surface area contributed by atoms with Crippen LogP contribution >= 0.6 is 0 Å². The summed E-state index contributed by atoms with van der Waals surface area (Å²) in [7, 11) is 4.68. The van der Waals surface area contributed by atoms with Crippen LogP contribution in [0.15, 0.2) is 24.3 Å². The molecule has 0 aliphatic carbocycles. The van der Waals surface area contributed by atoms with Crippen LogP contribution in [-0.2, 0) is 15.9 Å². The van der Waals surface area contributed by atoms with Crippen molar-refractivity contribution in [2.24, 2.45) is 0 Å². The topological polar surface area (TPSA) is 68.8 Å². The lowest BCUT2D eigenvalue weighted by molar-refractivity contribution is -0.0971. The SMILES string of the molecule is COc1ccc(CCNC(=O)NCC(OC)OC)cc1. The fourth-order valence-corrected chi connectivity index (χ4v) is 1.61. The van der Waals surface area contributed by atoms with E-state index in [4.69, 9.17) is 14.2 Å². The second-order valence-corrected chi connectivity index (χ2v) is 4.14. The standard InChI is InChI=1S/C14H22N2O4/c1-18-12-6-4-11(5-7-12)8-9-15-14(17)16-10-13(19-2)20-3/h4-7,13H,8-10H2,1-3H3,(H2,15,16,17). The van der Waals surface area contributed by atoms with Gasteiger partial charge in [0.05, 0.1) is 13.7 Å². The third kappa shape index (κ3) is 5.90. The normalized spacial score (nSPS) is 10.4. The zero-order chi connectivity index (χ0) is 14.8. The first-order valence-corrected chi connectivity index (χ1v) is 6.39. The molecule has 0 aromatic heterocycles. The molecule has 0 unspecified atom stereocenters. The number of urea groups is 1. The number of nitrogens with one attached hydrogen (secondary N) is 2. The summed E-state index contributed by atoms with van der Waals surface area (Å²) in [5.74, 6) is 0.824. The Morgan fingerprint density at radius 2 is 1.75 bits per heavy atom. The molecule has 0 spiro atoms. The average Bonchev–Trinajstić information content (AvgIpc) is 2.49. The molecule has 2 amide bonds. The predicted octanol–water partition coefficient (Wildman–Crippen LogP) is 1.16. The first kappa shape index (κ1) is 16.3. The monoisotopic (exact) mass is 282 g/mol. The summed E-state index contributed by atoms with van der Waals surface area (Å²) in [6.45, 7) is 0.865. The molecular weight excluding hydrogens is 260 g/mol. The van der Waals surface area contributed by atoms with Crippen molar-refractivity contribution in [3.63, 3.8) is 0 Å². The van der Waals surface area contributed by atoms with E-state index in [0.717, 1.165) is 17.7 Å². The van der Waals surface area contributed by atoms with Crippen molar-refractivity contribution in [2.45, 2.75) is 12.7 Å². The number of hydrogen-bond donors (Lipinski definition) is 2. The fraction of sp³-hybridized carbons (Fsp3) is 0.500. The molecule has 112 valence electrons. The highest BCUT2D eigenvalue weighted by Gasteiger charge is 2.06. The van der Waals surface area contributed by atoms with Crippen molar-refractivity contribution in [1.82, 2.24) is 10.6 Å². The fourth-order valence-electron chi connectivity index (χ4n) is 1.61. The number of rotatable bonds is 8. The Bertz CT molecular complexity index is 391. The molecule has 0 aliphatic rings. The van der Waals surface area contributed by atoms with Gasteiger partial charge in [0.2, 0.25) is 0 Å². The number of carbonyl (C=O) groups excluding carboxylic acids is 1. The molecule has 0 fully saturated rings. The number of benzene rings is 1. The number of carbonyl (C=O) groups is 1. The van der Waals surface area contributed by atoms with Crippen LogP contribution in [-0.4, -0.2) is 46.7 Å². The van der Waals surface area contributed by atoms with Crippen LogP contribution in [0.3, 0.4) is 0 Å². The summed E-state index contributed by atoms with van der Waals surface area (Å²) in [6, 6.07) is 7.51. The maximum atomic E-state index is 11.5. The van der Waals surface area contributed by atoms with Gasteiger partial charge in [0.25, 0.3) is 0 Å². The van der Waals surface area contributed by atoms with E-state index in [1.54, 1.807) is 7.11 Å². The summed E-state index contributed by atoms with van der Waals surface area (Å²) >= 11 is 0. The second-order valence-electron chi connectivity index (χ2n) is 4.14. The second kappa shape index (κ2) is 9.17. The number of ether oxygens (including phenoxy) is 3. The van der Waals surface area contributed by atoms with Gasteiger partial charge in [-0.1, -0.05) is 12.1 Å². The van der Waals surface area contributed by atoms with E-state index >= 15 is 0 Å². The van der Waals surface area contributed by atoms with Gasteiger partial charge in [0.1, 0.15) is 5.75 Å². The van der Waals surface area contributed by atoms with E-state index in [9.17, 15) is 4.79 Å². The van der Waals surface area contributed by atoms with Crippen LogP contribution in [0, 0.1) is 0 Å². The van der Waals surface area contributed by atoms with Crippen LogP contribution in [0.25, 0.3) is 0 Å². The van der Waals surface area contributed by atoms with E-state index in [-0.39, 0.29) is 6.03 Å². The highest BCUT2D eigenvalue weighted by Crippen LogP contribution is 2.11. The summed E-state index contributed by atoms with van der Waals surface area (Å²) in [5, 5.41) is 5.44. The lowest BCUT2D eigenvalue weighted by atomic mass is 10.1. The highest BCUT2D eigenvalue weighted by molar-refractivity contribution is 5.73. The minimum atomic E-state index is -0.428. The molecule has 0 heterocycles. The van der Waals surface area contributed by atoms with Crippen LogP contribution in [0.4, 0.5) is 4.79 Å². The molecule has 6 heteroatoms. The molecule has 0 saturated carbocycles. The molecule has 0 radical (unpaired) electrons. The third-order valence-electron chi connectivity index (χ3n) is 2.81. The largest absolute Gasteiger partial charge is 0.497 e. The van der Waals surface area contributed by atoms with E-state index in [1.165, 1.54) is 14.2 Å². The molecule has 6 nitrogen and oxygen atoms in total. The van der Waals surface area contributed by atoms with Gasteiger partial charge in [0, 0.05) is 20.8 Å². The first-order valence-electron chi connectivity index (χ1n) is 6.39. The molecule has 0 aliphatic heterocycles. The molecular formula is C14H22N2O4. The van der Waals surface area contributed by atoms with Crippen LogP contribution in [0.1, 0.15) is 5.56 Å². The Balaban J connectivity index is 2.20. The molecule has 0 atom stereocenters. The molecule has 1 aromatic rings. The van der Waals surface area contributed by atoms with Gasteiger partial charge in [-0.05, 0) is 24.1 Å². The van der Waals surface area contributed by atoms with E-state index in [1.807, 2.05) is 24.3 Å². The zero-order valence-corrected chi connectivity index (χ0v) is 12.1. The smallest absolute Gasteiger partial charge is 0.314 e. The summed E-state index contributed by atoms with van der Waals surface area (Å²) in [4.78, 5) is 11.5. The Morgan fingerprint density at radius 1 is 1.10 bits per heavy atom. The molecule has 20 heavy (non-hydrogen) atoms. The van der Waals surface area contributed by atoms with Crippen molar-refractivity contribution in [3.8, 4) is 5.75 Å². The molecule has 2 N–H and O–H groups in total. The van der Waals surface area contributed by atoms with Crippen LogP contribution in [0.2, 0.25) is 0 Å². The van der Waals surface area contributed by atoms with Crippen molar-refractivity contribution in [2.75, 3.05) is 34.4 Å². The van der Waals surface area contributed by atoms with E-state index < -0.39 is 6.29 Å². The van der Waals surface area contributed by atoms with Crippen molar-refractivity contribution >= 4 is 6.03 Å². The summed E-state index contributed by atoms with van der Waals surface area (Å²) in [6.07, 6.45) is 0.331. The van der Waals surface area contributed by atoms with Gasteiger partial charge in [0.15, 0.2) is 6.29 Å². The van der Waals surface area contributed by atoms with Crippen molar-refractivity contribution < 1.29 is 19.0 Å². The van der Waals surface area contributed by atoms with Crippen LogP contribution < -0.4 is 15.4 Å². The minimum absolute atomic E-state index is 0.238. The lowest BCUT2D eigenvalue weighted by Gasteiger charge is -2.14. The zero-order valence-electron chi connectivity index (χ0n) is 12.1. The Morgan fingerprint density at radius 3 is 2.30 bits per heavy atom. The molecule has 0 saturated heterocycles.